The molecule has 1 atom stereocenters. The normalized spacial score (nSPS) is 12.5. The summed E-state index contributed by atoms with van der Waals surface area (Å²) in [5.74, 6) is -1.73. The maximum atomic E-state index is 12.1. The van der Waals surface area contributed by atoms with Crippen LogP contribution in [0.1, 0.15) is 22.7 Å². The summed E-state index contributed by atoms with van der Waals surface area (Å²) >= 11 is 12.4. The number of rotatable bonds is 7. The first kappa shape index (κ1) is 25.0. The predicted octanol–water partition coefficient (Wildman–Crippen LogP) is 5.97. The minimum atomic E-state index is -3.36. The molecule has 0 amide bonds. The molecule has 1 unspecified atom stereocenters. The molecule has 4 rings (SSSR count). The quantitative estimate of drug-likeness (QED) is 0.319. The Hall–Kier alpha value is -3.13. The summed E-state index contributed by atoms with van der Waals surface area (Å²) < 4.78 is 25.4. The highest BCUT2D eigenvalue weighted by molar-refractivity contribution is 7.90. The molecule has 3 aromatic carbocycles. The molecule has 0 bridgehead atoms. The fourth-order valence-corrected chi connectivity index (χ4v) is 4.79. The van der Waals surface area contributed by atoms with Gasteiger partial charge >= 0.3 is 5.97 Å². The van der Waals surface area contributed by atoms with Crippen molar-refractivity contribution in [3.05, 3.63) is 99.7 Å². The van der Waals surface area contributed by atoms with Gasteiger partial charge in [-0.05, 0) is 55.0 Å². The Morgan fingerprint density at radius 1 is 1.00 bits per heavy atom. The van der Waals surface area contributed by atoms with Crippen LogP contribution in [-0.4, -0.2) is 35.5 Å². The first-order valence-corrected chi connectivity index (χ1v) is 13.3. The molecule has 6 nitrogen and oxygen atoms in total. The van der Waals surface area contributed by atoms with Crippen LogP contribution >= 0.6 is 23.2 Å². The zero-order chi connectivity index (χ0) is 25.3. The molecule has 0 aliphatic rings. The number of halogens is 2. The van der Waals surface area contributed by atoms with E-state index in [0.29, 0.717) is 32.7 Å². The monoisotopic (exact) mass is 528 g/mol. The number of aryl methyl sites for hydroxylation is 1. The number of hydrogen-bond donors (Lipinski definition) is 1. The summed E-state index contributed by atoms with van der Waals surface area (Å²) in [6, 6.07) is 20.7. The van der Waals surface area contributed by atoms with Crippen molar-refractivity contribution in [2.75, 3.05) is 6.26 Å². The zero-order valence-corrected chi connectivity index (χ0v) is 21.3. The van der Waals surface area contributed by atoms with Crippen molar-refractivity contribution in [3.8, 4) is 16.9 Å². The Morgan fingerprint density at radius 3 is 2.31 bits per heavy atom. The highest BCUT2D eigenvalue weighted by atomic mass is 35.5. The van der Waals surface area contributed by atoms with Crippen LogP contribution in [0.3, 0.4) is 0 Å². The minimum Gasteiger partial charge on any atom is -0.481 e. The van der Waals surface area contributed by atoms with Crippen molar-refractivity contribution >= 4 is 39.0 Å². The number of carboxylic acids is 1. The van der Waals surface area contributed by atoms with E-state index in [4.69, 9.17) is 28.3 Å². The SMILES string of the molecule is Cc1cccc(C(Cc2cc(-c3ccc(Cl)c(Cl)c3)n(-c3ccc(S(C)(=O)=O)cc3)n2)C(=O)O)c1. The van der Waals surface area contributed by atoms with Gasteiger partial charge in [0, 0.05) is 18.2 Å². The third kappa shape index (κ3) is 5.59. The van der Waals surface area contributed by atoms with Crippen LogP contribution < -0.4 is 0 Å². The van der Waals surface area contributed by atoms with Crippen LogP contribution in [0.25, 0.3) is 16.9 Å². The van der Waals surface area contributed by atoms with Crippen LogP contribution in [0, 0.1) is 6.92 Å². The van der Waals surface area contributed by atoms with Crippen LogP contribution in [0.4, 0.5) is 0 Å². The van der Waals surface area contributed by atoms with Crippen molar-refractivity contribution < 1.29 is 18.3 Å². The summed E-state index contributed by atoms with van der Waals surface area (Å²) in [4.78, 5) is 12.3. The topological polar surface area (TPSA) is 89.3 Å². The Morgan fingerprint density at radius 2 is 1.71 bits per heavy atom. The summed E-state index contributed by atoms with van der Waals surface area (Å²) in [6.07, 6.45) is 1.31. The van der Waals surface area contributed by atoms with Gasteiger partial charge < -0.3 is 5.11 Å². The number of benzene rings is 3. The van der Waals surface area contributed by atoms with E-state index in [9.17, 15) is 18.3 Å². The van der Waals surface area contributed by atoms with Gasteiger partial charge in [-0.3, -0.25) is 4.79 Å². The fourth-order valence-electron chi connectivity index (χ4n) is 3.87. The Labute approximate surface area is 213 Å². The van der Waals surface area contributed by atoms with Gasteiger partial charge in [0.05, 0.1) is 37.9 Å². The maximum absolute atomic E-state index is 12.1. The van der Waals surface area contributed by atoms with E-state index in [0.717, 1.165) is 17.4 Å². The molecule has 1 heterocycles. The lowest BCUT2D eigenvalue weighted by atomic mass is 9.93. The zero-order valence-electron chi connectivity index (χ0n) is 18.9. The maximum Gasteiger partial charge on any atom is 0.311 e. The van der Waals surface area contributed by atoms with Gasteiger partial charge in [0.25, 0.3) is 0 Å². The van der Waals surface area contributed by atoms with E-state index < -0.39 is 21.7 Å². The molecule has 4 aromatic rings. The molecule has 180 valence electrons. The first-order chi connectivity index (χ1) is 16.5. The standard InChI is InChI=1S/C26H22Cl2N2O4S/c1-16-4-3-5-17(12-16)22(26(31)32)14-19-15-25(18-6-11-23(27)24(28)13-18)30(29-19)20-7-9-21(10-8-20)35(2,33)34/h3-13,15,22H,14H2,1-2H3,(H,31,32). The second-order valence-electron chi connectivity index (χ2n) is 8.34. The van der Waals surface area contributed by atoms with Gasteiger partial charge in [0.2, 0.25) is 0 Å². The molecule has 0 fully saturated rings. The number of carbonyl (C=O) groups is 1. The molecule has 0 saturated heterocycles. The highest BCUT2D eigenvalue weighted by Crippen LogP contribution is 2.32. The summed E-state index contributed by atoms with van der Waals surface area (Å²) in [7, 11) is -3.36. The van der Waals surface area contributed by atoms with Gasteiger partial charge in [-0.15, -0.1) is 0 Å². The van der Waals surface area contributed by atoms with Crippen molar-refractivity contribution in [3.63, 3.8) is 0 Å². The van der Waals surface area contributed by atoms with E-state index in [2.05, 4.69) is 0 Å². The van der Waals surface area contributed by atoms with Crippen LogP contribution in [0.15, 0.2) is 77.7 Å². The van der Waals surface area contributed by atoms with Crippen molar-refractivity contribution in [1.82, 2.24) is 9.78 Å². The van der Waals surface area contributed by atoms with E-state index in [-0.39, 0.29) is 11.3 Å². The van der Waals surface area contributed by atoms with Gasteiger partial charge in [0.15, 0.2) is 9.84 Å². The largest absolute Gasteiger partial charge is 0.481 e. The second-order valence-corrected chi connectivity index (χ2v) is 11.2. The smallest absolute Gasteiger partial charge is 0.311 e. The van der Waals surface area contributed by atoms with Crippen molar-refractivity contribution in [1.29, 1.82) is 0 Å². The molecular formula is C26H22Cl2N2O4S. The van der Waals surface area contributed by atoms with E-state index >= 15 is 0 Å². The summed E-state index contributed by atoms with van der Waals surface area (Å²) in [5, 5.41) is 15.4. The average molecular weight is 529 g/mol. The lowest BCUT2D eigenvalue weighted by Gasteiger charge is -2.12. The molecule has 1 aromatic heterocycles. The van der Waals surface area contributed by atoms with Gasteiger partial charge in [-0.1, -0.05) is 59.1 Å². The summed E-state index contributed by atoms with van der Waals surface area (Å²) in [6.45, 7) is 1.92. The molecule has 0 radical (unpaired) electrons. The molecule has 1 N–H and O–H groups in total. The molecule has 0 spiro atoms. The molecule has 0 aliphatic heterocycles. The van der Waals surface area contributed by atoms with Crippen molar-refractivity contribution in [2.24, 2.45) is 0 Å². The molecule has 0 aliphatic carbocycles. The van der Waals surface area contributed by atoms with Gasteiger partial charge in [-0.25, -0.2) is 13.1 Å². The molecule has 9 heteroatoms. The van der Waals surface area contributed by atoms with Gasteiger partial charge in [0.1, 0.15) is 0 Å². The fraction of sp³-hybridized carbons (Fsp3) is 0.154. The van der Waals surface area contributed by atoms with E-state index in [1.165, 1.54) is 12.1 Å². The number of carboxylic acid groups (broad SMARTS) is 1. The third-order valence-corrected chi connectivity index (χ3v) is 7.51. The van der Waals surface area contributed by atoms with Crippen LogP contribution in [-0.2, 0) is 21.1 Å². The Balaban J connectivity index is 1.81. The number of aliphatic carboxylic acids is 1. The second kappa shape index (κ2) is 9.85. The molecule has 0 saturated carbocycles. The van der Waals surface area contributed by atoms with E-state index in [1.807, 2.05) is 31.2 Å². The first-order valence-electron chi connectivity index (χ1n) is 10.7. The average Bonchev–Trinajstić information content (AvgIpc) is 3.22. The Bertz CT molecular complexity index is 1510. The highest BCUT2D eigenvalue weighted by Gasteiger charge is 2.23. The minimum absolute atomic E-state index is 0.168. The Kier molecular flexibility index (Phi) is 7.03. The van der Waals surface area contributed by atoms with Crippen molar-refractivity contribution in [2.45, 2.75) is 24.2 Å². The van der Waals surface area contributed by atoms with Gasteiger partial charge in [-0.2, -0.15) is 5.10 Å². The number of hydrogen-bond acceptors (Lipinski definition) is 4. The predicted molar refractivity (Wildman–Crippen MR) is 137 cm³/mol. The van der Waals surface area contributed by atoms with Crippen LogP contribution in [0.2, 0.25) is 10.0 Å². The number of nitrogens with zero attached hydrogens (tertiary/aromatic N) is 2. The lowest BCUT2D eigenvalue weighted by molar-refractivity contribution is -0.138. The number of aromatic nitrogens is 2. The van der Waals surface area contributed by atoms with Crippen LogP contribution in [0.5, 0.6) is 0 Å². The number of sulfone groups is 1. The third-order valence-electron chi connectivity index (χ3n) is 5.64. The molecular weight excluding hydrogens is 507 g/mol. The van der Waals surface area contributed by atoms with E-state index in [1.54, 1.807) is 41.1 Å². The lowest BCUT2D eigenvalue weighted by Crippen LogP contribution is -2.15. The molecule has 35 heavy (non-hydrogen) atoms. The summed E-state index contributed by atoms with van der Waals surface area (Å²) in [5.41, 5.74) is 4.24.